The number of methoxy groups -OCH3 is 4. The van der Waals surface area contributed by atoms with E-state index in [1.807, 2.05) is 78.0 Å². The molecule has 0 unspecified atom stereocenters. The lowest BCUT2D eigenvalue weighted by atomic mass is 9.71. The van der Waals surface area contributed by atoms with Crippen LogP contribution in [0.5, 0.6) is 0 Å². The number of nitrogens with one attached hydrogen (secondary N) is 2. The minimum atomic E-state index is -1.84. The van der Waals surface area contributed by atoms with Crippen molar-refractivity contribution < 1.29 is 134 Å². The first-order valence-electron chi connectivity index (χ1n) is 47.2. The fourth-order valence-electron chi connectivity index (χ4n) is 21.9. The fraction of sp³-hybridized carbons (Fsp3) is 0.758. The minimum absolute atomic E-state index is 0.0266. The van der Waals surface area contributed by atoms with Crippen LogP contribution in [0.1, 0.15) is 195 Å². The van der Waals surface area contributed by atoms with Crippen LogP contribution < -0.4 is 10.6 Å². The van der Waals surface area contributed by atoms with E-state index >= 15 is 0 Å². The predicted molar refractivity (Wildman–Crippen MR) is 473 cm³/mol. The third-order valence-electron chi connectivity index (χ3n) is 29.3. The van der Waals surface area contributed by atoms with Crippen molar-refractivity contribution in [2.75, 3.05) is 41.7 Å². The van der Waals surface area contributed by atoms with Gasteiger partial charge < -0.3 is 126 Å². The number of amides is 2. The molecule has 0 aromatic rings. The van der Waals surface area contributed by atoms with E-state index in [0.717, 1.165) is 17.6 Å². The number of esters is 2. The second-order valence-electron chi connectivity index (χ2n) is 39.2. The Labute approximate surface area is 762 Å². The summed E-state index contributed by atoms with van der Waals surface area (Å²) in [6.45, 7) is 35.2. The lowest BCUT2D eigenvalue weighted by Gasteiger charge is -2.48. The van der Waals surface area contributed by atoms with Crippen LogP contribution in [-0.2, 0) is 114 Å². The molecule has 0 aromatic carbocycles. The van der Waals surface area contributed by atoms with Crippen LogP contribution in [0.25, 0.3) is 0 Å². The molecule has 8 fully saturated rings. The molecule has 2 aliphatic carbocycles. The van der Waals surface area contributed by atoms with Gasteiger partial charge in [-0.2, -0.15) is 0 Å². The lowest BCUT2D eigenvalue weighted by Crippen LogP contribution is -2.58. The number of hydrogen-bond donors (Lipinski definition) is 6. The summed E-state index contributed by atoms with van der Waals surface area (Å²) in [6, 6.07) is -0.629. The Morgan fingerprint density at radius 1 is 0.481 bits per heavy atom. The van der Waals surface area contributed by atoms with E-state index in [1.54, 1.807) is 66.6 Å². The van der Waals surface area contributed by atoms with Crippen molar-refractivity contribution in [1.29, 1.82) is 0 Å². The molecular formula is C99H148N2O28. The Morgan fingerprint density at radius 2 is 0.853 bits per heavy atom. The van der Waals surface area contributed by atoms with Crippen LogP contribution in [0.15, 0.2) is 119 Å². The molecule has 14 aliphatic rings. The second kappa shape index (κ2) is 42.8. The molecule has 0 radical (unpaired) electrons. The van der Waals surface area contributed by atoms with Gasteiger partial charge in [0, 0.05) is 117 Å². The molecule has 6 N–H and O–H groups in total. The lowest BCUT2D eigenvalue weighted by molar-refractivity contribution is -0.311. The number of ether oxygens (including phenoxy) is 20. The molecule has 30 heteroatoms. The Morgan fingerprint density at radius 3 is 1.23 bits per heavy atom. The third-order valence-corrected chi connectivity index (χ3v) is 29.3. The maximum Gasteiger partial charge on any atom is 0.316 e. The summed E-state index contributed by atoms with van der Waals surface area (Å²) in [5.74, 6) is -5.56. The van der Waals surface area contributed by atoms with Crippen LogP contribution in [0.4, 0.5) is 0 Å². The summed E-state index contributed by atoms with van der Waals surface area (Å²) in [6.07, 6.45) is 17.9. The zero-order valence-electron chi connectivity index (χ0n) is 79.6. The van der Waals surface area contributed by atoms with Crippen molar-refractivity contribution in [1.82, 2.24) is 10.6 Å². The first kappa shape index (κ1) is 101. The zero-order valence-corrected chi connectivity index (χ0v) is 79.6. The number of hydrogen-bond acceptors (Lipinski definition) is 28. The Bertz CT molecular complexity index is 4190. The molecule has 14 rings (SSSR count). The van der Waals surface area contributed by atoms with E-state index in [1.165, 1.54) is 13.8 Å². The molecule has 2 amide bonds. The molecular weight excluding hydrogens is 1670 g/mol. The summed E-state index contributed by atoms with van der Waals surface area (Å²) < 4.78 is 129. The van der Waals surface area contributed by atoms with E-state index in [0.29, 0.717) is 73.7 Å². The molecule has 30 nitrogen and oxygen atoms in total. The largest absolute Gasteiger partial charge is 0.462 e. The summed E-state index contributed by atoms with van der Waals surface area (Å²) >= 11 is 0. The van der Waals surface area contributed by atoms with Crippen molar-refractivity contribution in [3.63, 3.8) is 0 Å². The maximum absolute atomic E-state index is 14.4. The van der Waals surface area contributed by atoms with E-state index in [4.69, 9.17) is 94.7 Å². The van der Waals surface area contributed by atoms with Gasteiger partial charge in [0.15, 0.2) is 36.7 Å². The third kappa shape index (κ3) is 22.2. The zero-order chi connectivity index (χ0) is 93.2. The monoisotopic (exact) mass is 1810 g/mol. The fourth-order valence-corrected chi connectivity index (χ4v) is 21.9. The van der Waals surface area contributed by atoms with Gasteiger partial charge in [-0.15, -0.1) is 0 Å². The quantitative estimate of drug-likeness (QED) is 0.0582. The molecule has 12 aliphatic heterocycles. The first-order valence-corrected chi connectivity index (χ1v) is 47.2. The van der Waals surface area contributed by atoms with Gasteiger partial charge in [-0.25, -0.2) is 0 Å². The van der Waals surface area contributed by atoms with Crippen LogP contribution in [0, 0.1) is 47.3 Å². The van der Waals surface area contributed by atoms with E-state index in [9.17, 15) is 39.6 Å². The van der Waals surface area contributed by atoms with Crippen molar-refractivity contribution in [3.05, 3.63) is 119 Å². The van der Waals surface area contributed by atoms with Gasteiger partial charge >= 0.3 is 11.9 Å². The number of allylic oxidation sites excluding steroid dienone is 4. The molecule has 0 saturated carbocycles. The Hall–Kier alpha value is -5.60. The van der Waals surface area contributed by atoms with E-state index in [-0.39, 0.29) is 122 Å². The number of fused-ring (bicyclic) bond motifs is 4. The van der Waals surface area contributed by atoms with E-state index < -0.39 is 169 Å². The van der Waals surface area contributed by atoms with Gasteiger partial charge in [0.05, 0.1) is 111 Å². The second-order valence-corrected chi connectivity index (χ2v) is 39.2. The first-order chi connectivity index (χ1) is 61.2. The highest BCUT2D eigenvalue weighted by Gasteiger charge is 2.63. The summed E-state index contributed by atoms with van der Waals surface area (Å²) in [5, 5.41) is 53.4. The SMILES string of the molecule is CC[C@H](C)[C@H]1O[C@]2(C=C[C@@H]1C)C[C@@H]1C[C@@H](C/C=C(/C)[C@@H](O[C@H]3C[C@H](OC)[C@@H](O[C@H]4C[C@H](OC)[C@H](NC(C)=O)[C@H](C)O4)[C@H](C)O3)[C@@H](C)/C=C\C=C3CO[C@@H]4[C@H](O)C(C)=C[C@@H](C(=O)O1)[C@]34O)O2.CO[C@H]1C[C@H](O[C@H]2[C@H](C)O[C@@H](O[C@@H]3/C(C)=C\C[C@@H]4C[C@@H](C[C@]5(C=C[C@H](C)[C@@H](C(C)C)O5)O4)OC(=O)[C@@H]4C=C(C)[C@@H](O)[C@H]5OCC(=C/C=C\[C@@H]3C)[C@]54O)C[C@@H]2OC)O[C@@H](C)[C@H]1NC(C)=O. The van der Waals surface area contributed by atoms with Crippen LogP contribution in [-0.4, -0.2) is 280 Å². The van der Waals surface area contributed by atoms with Crippen molar-refractivity contribution in [3.8, 4) is 0 Å². The van der Waals surface area contributed by atoms with E-state index in [2.05, 4.69) is 90.3 Å². The van der Waals surface area contributed by atoms with Crippen LogP contribution in [0.2, 0.25) is 0 Å². The predicted octanol–water partition coefficient (Wildman–Crippen LogP) is 10.7. The number of carbonyl (C=O) groups excluding carboxylic acids is 4. The average Bonchev–Trinajstić information content (AvgIpc) is 1.60. The number of rotatable bonds is 17. The topological polar surface area (TPSA) is 358 Å². The molecule has 8 saturated heterocycles. The van der Waals surface area contributed by atoms with Gasteiger partial charge in [-0.1, -0.05) is 135 Å². The van der Waals surface area contributed by atoms with Gasteiger partial charge in [0.2, 0.25) is 11.8 Å². The van der Waals surface area contributed by atoms with Crippen LogP contribution in [0.3, 0.4) is 0 Å². The highest BCUT2D eigenvalue weighted by atomic mass is 16.8. The molecule has 129 heavy (non-hydrogen) atoms. The molecule has 722 valence electrons. The molecule has 2 spiro atoms. The summed E-state index contributed by atoms with van der Waals surface area (Å²) in [5.41, 5.74) is 0.228. The Balaban J connectivity index is 0.000000220. The van der Waals surface area contributed by atoms with Crippen molar-refractivity contribution in [2.45, 2.75) is 390 Å². The van der Waals surface area contributed by atoms with Crippen LogP contribution >= 0.6 is 0 Å². The van der Waals surface area contributed by atoms with Gasteiger partial charge in [-0.3, -0.25) is 19.2 Å². The number of aliphatic hydroxyl groups excluding tert-OH is 2. The van der Waals surface area contributed by atoms with Gasteiger partial charge in [-0.05, 0) is 126 Å². The molecule has 12 heterocycles. The summed E-state index contributed by atoms with van der Waals surface area (Å²) in [4.78, 5) is 52.5. The molecule has 0 aromatic heterocycles. The maximum atomic E-state index is 14.4. The smallest absolute Gasteiger partial charge is 0.316 e. The van der Waals surface area contributed by atoms with Crippen molar-refractivity contribution >= 4 is 23.8 Å². The van der Waals surface area contributed by atoms with Crippen molar-refractivity contribution in [2.24, 2.45) is 47.3 Å². The van der Waals surface area contributed by atoms with Gasteiger partial charge in [0.25, 0.3) is 0 Å². The molecule has 39 atom stereocenters. The Kier molecular flexibility index (Phi) is 33.4. The normalized spacial score (nSPS) is 46.6. The molecule has 4 bridgehead atoms. The minimum Gasteiger partial charge on any atom is -0.462 e. The highest BCUT2D eigenvalue weighted by Crippen LogP contribution is 2.51. The average molecular weight is 1810 g/mol. The summed E-state index contributed by atoms with van der Waals surface area (Å²) in [7, 11) is 6.54. The standard InChI is InChI=1S/C50H75NO14.C49H73NO14/c1-12-26(2)45-29(5)18-19-49(65-45)24-36-21-35(64-49)17-16-28(4)44(27(3)14-13-15-34-25-58-47-43(53)30(6)20-37(48(54)61-36)50(34,47)55)62-41-23-39(57-11)46(32(8)60-41)63-40-22-38(56-10)42(31(7)59-40)51-33(9)52;1-25(2)43-28(5)17-18-48(64-43)23-35-20-34(63-48)16-15-27(4)44(26(3)13-12-14-33-24-57-46-42(52)29(6)19-36(47(53)60-35)49(33,46)54)61-40-22-38(56-11)45(31(8)59-40)62-39-21-37(55-10)41(30(7)58-39)50-32(9)51/h13-16,18-20,26-27,29,31-32,35-47,53,55H,12,17,21-25H2,1-11H3,(H,51,52);12-15,17-19,25-26,28,30-31,34-46,52,54H,16,20-24H2,1-11H3,(H,50,51)/b14-13-,28-16-,34-15?;13-12-,27-15-,33-14?/t26-,27-,29-,31-,32-,35+,36-,37-,38-,39-,40-,41-,42+,43+,44-,45+,46-,47+,49+,50+;26-,28-,30-,31-,34+,35-,36-,37-,38-,39-,40-,41+,42+,43+,44-,45-,46+,48+,49+/m00/s1. The highest BCUT2D eigenvalue weighted by molar-refractivity contribution is 5.80. The number of carbonyl (C=O) groups is 4. The number of aliphatic hydroxyl groups is 4. The van der Waals surface area contributed by atoms with Gasteiger partial charge in [0.1, 0.15) is 71.9 Å².